The molecule has 1 aliphatic heterocycles. The van der Waals surface area contributed by atoms with Gasteiger partial charge in [-0.05, 0) is 40.8 Å². The van der Waals surface area contributed by atoms with Crippen LogP contribution in [0.2, 0.25) is 0 Å². The van der Waals surface area contributed by atoms with Gasteiger partial charge in [0.25, 0.3) is 0 Å². The normalized spacial score (nSPS) is 27.3. The summed E-state index contributed by atoms with van der Waals surface area (Å²) in [4.78, 5) is 18.9. The van der Waals surface area contributed by atoms with Crippen molar-refractivity contribution in [3.8, 4) is 0 Å². The summed E-state index contributed by atoms with van der Waals surface area (Å²) in [5, 5.41) is 8.15. The number of fused-ring (bicyclic) bond motifs is 1. The Kier molecular flexibility index (Phi) is 3.56. The summed E-state index contributed by atoms with van der Waals surface area (Å²) in [5.74, 6) is 1.17. The van der Waals surface area contributed by atoms with E-state index in [9.17, 15) is 4.79 Å². The molecule has 1 saturated carbocycles. The number of nitrogens with two attached hydrogens (primary N) is 1. The highest BCUT2D eigenvalue weighted by molar-refractivity contribution is 14.1. The predicted octanol–water partition coefficient (Wildman–Crippen LogP) is 1.25. The fraction of sp³-hybridized carbons (Fsp3) is 0.600. The van der Waals surface area contributed by atoms with Crippen LogP contribution in [0.1, 0.15) is 26.2 Å². The van der Waals surface area contributed by atoms with Crippen molar-refractivity contribution in [3.63, 3.8) is 0 Å². The van der Waals surface area contributed by atoms with Gasteiger partial charge in [0.1, 0.15) is 12.1 Å². The first-order chi connectivity index (χ1) is 11.0. The fourth-order valence-corrected chi connectivity index (χ4v) is 4.54. The van der Waals surface area contributed by atoms with E-state index in [1.165, 1.54) is 0 Å². The van der Waals surface area contributed by atoms with Crippen LogP contribution in [0.15, 0.2) is 12.5 Å². The number of piperidine rings is 1. The van der Waals surface area contributed by atoms with E-state index in [0.29, 0.717) is 12.2 Å². The molecule has 1 spiro atoms. The lowest BCUT2D eigenvalue weighted by Crippen LogP contribution is -2.49. The number of Topliss-reactive ketones (excluding diaryl/α,β-unsaturated/α-hetero) is 1. The largest absolute Gasteiger partial charge is 0.342 e. The van der Waals surface area contributed by atoms with Crippen molar-refractivity contribution >= 4 is 40.0 Å². The van der Waals surface area contributed by atoms with Gasteiger partial charge in [-0.1, -0.05) is 6.92 Å². The fourth-order valence-electron chi connectivity index (χ4n) is 4.03. The van der Waals surface area contributed by atoms with Gasteiger partial charge in [0.15, 0.2) is 5.65 Å². The first kappa shape index (κ1) is 15.3. The second-order valence-electron chi connectivity index (χ2n) is 6.74. The maximum absolute atomic E-state index is 12.1. The van der Waals surface area contributed by atoms with Crippen molar-refractivity contribution < 1.29 is 4.79 Å². The number of hydrogen-bond donors (Lipinski definition) is 1. The van der Waals surface area contributed by atoms with E-state index in [1.54, 1.807) is 6.33 Å². The quantitative estimate of drug-likeness (QED) is 0.691. The van der Waals surface area contributed by atoms with E-state index in [2.05, 4.69) is 42.7 Å². The SMILES string of the molecule is C[C@@H]1C(=O)CC2(CCN(c3ncc(I)c4nncn34)CC2)[C@H]1N. The Labute approximate surface area is 147 Å². The Balaban J connectivity index is 1.59. The van der Waals surface area contributed by atoms with E-state index in [4.69, 9.17) is 5.73 Å². The van der Waals surface area contributed by atoms with E-state index in [1.807, 2.05) is 17.5 Å². The molecule has 0 amide bonds. The molecule has 2 atom stereocenters. The van der Waals surface area contributed by atoms with E-state index in [-0.39, 0.29) is 17.4 Å². The molecule has 2 aromatic heterocycles. The predicted molar refractivity (Wildman–Crippen MR) is 94.1 cm³/mol. The van der Waals surface area contributed by atoms with Gasteiger partial charge in [-0.3, -0.25) is 9.20 Å². The molecule has 7 nitrogen and oxygen atoms in total. The number of hydrogen-bond acceptors (Lipinski definition) is 6. The zero-order valence-electron chi connectivity index (χ0n) is 12.9. The Bertz CT molecular complexity index is 766. The summed E-state index contributed by atoms with van der Waals surface area (Å²) in [6, 6.07) is -0.0169. The van der Waals surface area contributed by atoms with Crippen LogP contribution in [0.3, 0.4) is 0 Å². The topological polar surface area (TPSA) is 89.4 Å². The van der Waals surface area contributed by atoms with E-state index in [0.717, 1.165) is 41.1 Å². The van der Waals surface area contributed by atoms with Gasteiger partial charge in [-0.25, -0.2) is 4.98 Å². The van der Waals surface area contributed by atoms with Gasteiger partial charge in [0.2, 0.25) is 5.95 Å². The van der Waals surface area contributed by atoms with Gasteiger partial charge in [-0.15, -0.1) is 10.2 Å². The van der Waals surface area contributed by atoms with Crippen LogP contribution < -0.4 is 10.6 Å². The molecule has 2 aliphatic rings. The molecule has 1 saturated heterocycles. The summed E-state index contributed by atoms with van der Waals surface area (Å²) in [6.45, 7) is 3.68. The molecule has 4 rings (SSSR count). The Hall–Kier alpha value is -1.29. The van der Waals surface area contributed by atoms with Gasteiger partial charge in [-0.2, -0.15) is 0 Å². The maximum Gasteiger partial charge on any atom is 0.212 e. The van der Waals surface area contributed by atoms with Gasteiger partial charge in [0.05, 0.1) is 3.57 Å². The Morgan fingerprint density at radius 1 is 1.39 bits per heavy atom. The molecule has 0 unspecified atom stereocenters. The van der Waals surface area contributed by atoms with Crippen LogP contribution >= 0.6 is 22.6 Å². The lowest BCUT2D eigenvalue weighted by atomic mass is 9.73. The van der Waals surface area contributed by atoms with Gasteiger partial charge in [0, 0.05) is 37.7 Å². The first-order valence-electron chi connectivity index (χ1n) is 7.89. The molecule has 8 heteroatoms. The minimum absolute atomic E-state index is 0.0115. The minimum Gasteiger partial charge on any atom is -0.342 e. The average Bonchev–Trinajstić information content (AvgIpc) is 3.11. The van der Waals surface area contributed by atoms with Crippen molar-refractivity contribution in [1.29, 1.82) is 0 Å². The smallest absolute Gasteiger partial charge is 0.212 e. The maximum atomic E-state index is 12.1. The number of aromatic nitrogens is 4. The van der Waals surface area contributed by atoms with Crippen LogP contribution in [0.5, 0.6) is 0 Å². The number of nitrogens with zero attached hydrogens (tertiary/aromatic N) is 5. The van der Waals surface area contributed by atoms with Crippen molar-refractivity contribution in [2.45, 2.75) is 32.2 Å². The van der Waals surface area contributed by atoms with Crippen LogP contribution in [0, 0.1) is 14.9 Å². The van der Waals surface area contributed by atoms with Crippen LogP contribution in [0.4, 0.5) is 5.95 Å². The molecular formula is C15H19IN6O. The highest BCUT2D eigenvalue weighted by Crippen LogP contribution is 2.46. The third-order valence-electron chi connectivity index (χ3n) is 5.59. The zero-order chi connectivity index (χ0) is 16.2. The first-order valence-corrected chi connectivity index (χ1v) is 8.97. The van der Waals surface area contributed by atoms with Crippen molar-refractivity contribution in [2.75, 3.05) is 18.0 Å². The molecule has 0 bridgehead atoms. The summed E-state index contributed by atoms with van der Waals surface area (Å²) < 4.78 is 2.91. The number of ketones is 1. The van der Waals surface area contributed by atoms with Crippen molar-refractivity contribution in [2.24, 2.45) is 17.1 Å². The third kappa shape index (κ3) is 2.25. The zero-order valence-corrected chi connectivity index (χ0v) is 15.1. The molecule has 0 radical (unpaired) electrons. The number of anilines is 1. The highest BCUT2D eigenvalue weighted by Gasteiger charge is 2.50. The number of rotatable bonds is 1. The standard InChI is InChI=1S/C15H19IN6O/c1-9-11(23)6-15(12(9)17)2-4-21(5-3-15)14-18-7-10(16)13-20-19-8-22(13)14/h7-9,12H,2-6,17H2,1H3/t9-,12+/m1/s1. The van der Waals surface area contributed by atoms with E-state index >= 15 is 0 Å². The summed E-state index contributed by atoms with van der Waals surface area (Å²) in [6.07, 6.45) is 6.03. The monoisotopic (exact) mass is 426 g/mol. The molecule has 2 N–H and O–H groups in total. The second-order valence-corrected chi connectivity index (χ2v) is 7.90. The van der Waals surface area contributed by atoms with Crippen molar-refractivity contribution in [1.82, 2.24) is 19.6 Å². The molecular weight excluding hydrogens is 407 g/mol. The van der Waals surface area contributed by atoms with Crippen LogP contribution in [-0.4, -0.2) is 44.5 Å². The van der Waals surface area contributed by atoms with Gasteiger partial charge < -0.3 is 10.6 Å². The summed E-state index contributed by atoms with van der Waals surface area (Å²) in [5.41, 5.74) is 7.18. The number of carbonyl (C=O) groups is 1. The lowest BCUT2D eigenvalue weighted by Gasteiger charge is -2.42. The molecule has 1 aliphatic carbocycles. The number of carbonyl (C=O) groups excluding carboxylic acids is 1. The molecule has 122 valence electrons. The molecule has 3 heterocycles. The summed E-state index contributed by atoms with van der Waals surface area (Å²) in [7, 11) is 0. The second kappa shape index (κ2) is 5.37. The molecule has 23 heavy (non-hydrogen) atoms. The average molecular weight is 426 g/mol. The Morgan fingerprint density at radius 3 is 2.78 bits per heavy atom. The Morgan fingerprint density at radius 2 is 2.13 bits per heavy atom. The van der Waals surface area contributed by atoms with Gasteiger partial charge >= 0.3 is 0 Å². The number of halogens is 1. The van der Waals surface area contributed by atoms with E-state index < -0.39 is 0 Å². The molecule has 0 aromatic carbocycles. The third-order valence-corrected chi connectivity index (χ3v) is 6.35. The highest BCUT2D eigenvalue weighted by atomic mass is 127. The van der Waals surface area contributed by atoms with Crippen LogP contribution in [0.25, 0.3) is 5.65 Å². The van der Waals surface area contributed by atoms with Crippen molar-refractivity contribution in [3.05, 3.63) is 16.1 Å². The summed E-state index contributed by atoms with van der Waals surface area (Å²) >= 11 is 2.22. The van der Waals surface area contributed by atoms with Crippen LogP contribution in [-0.2, 0) is 4.79 Å². The molecule has 2 aromatic rings. The lowest BCUT2D eigenvalue weighted by molar-refractivity contribution is -0.120. The molecule has 2 fully saturated rings. The minimum atomic E-state index is -0.0253.